The lowest BCUT2D eigenvalue weighted by Gasteiger charge is -2.04. The van der Waals surface area contributed by atoms with Crippen LogP contribution in [0.4, 0.5) is 5.82 Å². The van der Waals surface area contributed by atoms with Gasteiger partial charge in [-0.25, -0.2) is 4.98 Å². The molecule has 20 heavy (non-hydrogen) atoms. The fourth-order valence-electron chi connectivity index (χ4n) is 1.64. The smallest absolute Gasteiger partial charge is 0.271 e. The predicted octanol–water partition coefficient (Wildman–Crippen LogP) is 1.65. The molecule has 2 aromatic rings. The Morgan fingerprint density at radius 1 is 1.35 bits per heavy atom. The van der Waals surface area contributed by atoms with Gasteiger partial charge < -0.3 is 10.6 Å². The van der Waals surface area contributed by atoms with Gasteiger partial charge in [0.15, 0.2) is 5.69 Å². The molecule has 0 saturated heterocycles. The van der Waals surface area contributed by atoms with Crippen LogP contribution in [0.1, 0.15) is 28.1 Å². The van der Waals surface area contributed by atoms with Crippen LogP contribution in [0.25, 0.3) is 0 Å². The van der Waals surface area contributed by atoms with Gasteiger partial charge in [0.25, 0.3) is 5.91 Å². The molecule has 0 bridgehead atoms. The number of carbonyl (C=O) groups excluding carboxylic acids is 1. The molecule has 0 spiro atoms. The highest BCUT2D eigenvalue weighted by molar-refractivity contribution is 7.09. The Morgan fingerprint density at radius 3 is 2.80 bits per heavy atom. The van der Waals surface area contributed by atoms with Crippen molar-refractivity contribution in [1.29, 1.82) is 0 Å². The van der Waals surface area contributed by atoms with Crippen molar-refractivity contribution in [3.8, 4) is 0 Å². The van der Waals surface area contributed by atoms with Crippen molar-refractivity contribution >= 4 is 23.1 Å². The highest BCUT2D eigenvalue weighted by Crippen LogP contribution is 2.09. The van der Waals surface area contributed by atoms with Crippen LogP contribution in [-0.2, 0) is 6.42 Å². The number of aromatic nitrogens is 3. The van der Waals surface area contributed by atoms with E-state index in [9.17, 15) is 4.79 Å². The molecule has 7 heteroatoms. The van der Waals surface area contributed by atoms with E-state index in [4.69, 9.17) is 0 Å². The Hall–Kier alpha value is -2.02. The topological polar surface area (TPSA) is 79.8 Å². The van der Waals surface area contributed by atoms with Gasteiger partial charge in [-0.1, -0.05) is 0 Å². The summed E-state index contributed by atoms with van der Waals surface area (Å²) in [5.41, 5.74) is 1.40. The standard InChI is InChI=1S/C13H17N5OS/c1-3-14-13(19)11-4-5-12(18-17-11)15-7-6-10-8-20-9(2)16-10/h4-5,8H,3,6-7H2,1-2H3,(H,14,19)(H,15,18). The van der Waals surface area contributed by atoms with Crippen molar-refractivity contribution in [2.75, 3.05) is 18.4 Å². The fourth-order valence-corrected chi connectivity index (χ4v) is 2.29. The van der Waals surface area contributed by atoms with Crippen molar-refractivity contribution in [2.45, 2.75) is 20.3 Å². The summed E-state index contributed by atoms with van der Waals surface area (Å²) in [6.07, 6.45) is 0.837. The maximum absolute atomic E-state index is 11.5. The van der Waals surface area contributed by atoms with Gasteiger partial charge in [-0.2, -0.15) is 0 Å². The summed E-state index contributed by atoms with van der Waals surface area (Å²) in [4.78, 5) is 15.9. The fraction of sp³-hybridized carbons (Fsp3) is 0.385. The van der Waals surface area contributed by atoms with E-state index in [2.05, 4.69) is 31.2 Å². The first kappa shape index (κ1) is 14.4. The third-order valence-electron chi connectivity index (χ3n) is 2.59. The molecule has 106 valence electrons. The molecule has 6 nitrogen and oxygen atoms in total. The molecule has 0 unspecified atom stereocenters. The Labute approximate surface area is 121 Å². The van der Waals surface area contributed by atoms with Crippen LogP contribution in [0.2, 0.25) is 0 Å². The van der Waals surface area contributed by atoms with E-state index in [1.54, 1.807) is 23.5 Å². The summed E-state index contributed by atoms with van der Waals surface area (Å²) < 4.78 is 0. The van der Waals surface area contributed by atoms with E-state index >= 15 is 0 Å². The van der Waals surface area contributed by atoms with Crippen LogP contribution < -0.4 is 10.6 Å². The molecule has 0 aliphatic carbocycles. The molecule has 1 amide bonds. The molecule has 0 atom stereocenters. The number of carbonyl (C=O) groups is 1. The van der Waals surface area contributed by atoms with Gasteiger partial charge in [-0.15, -0.1) is 21.5 Å². The Kier molecular flexibility index (Phi) is 5.00. The van der Waals surface area contributed by atoms with Gasteiger partial charge in [-0.05, 0) is 26.0 Å². The van der Waals surface area contributed by atoms with E-state index in [0.717, 1.165) is 23.7 Å². The van der Waals surface area contributed by atoms with Crippen LogP contribution in [-0.4, -0.2) is 34.2 Å². The molecule has 2 aromatic heterocycles. The number of thiazole rings is 1. The normalized spacial score (nSPS) is 10.3. The van der Waals surface area contributed by atoms with Crippen LogP contribution >= 0.6 is 11.3 Å². The highest BCUT2D eigenvalue weighted by atomic mass is 32.1. The molecule has 2 heterocycles. The van der Waals surface area contributed by atoms with Gasteiger partial charge in [0.1, 0.15) is 5.82 Å². The average Bonchev–Trinajstić information content (AvgIpc) is 2.85. The number of amides is 1. The van der Waals surface area contributed by atoms with Gasteiger partial charge >= 0.3 is 0 Å². The quantitative estimate of drug-likeness (QED) is 0.846. The van der Waals surface area contributed by atoms with E-state index in [1.807, 2.05) is 13.8 Å². The number of nitrogens with one attached hydrogen (secondary N) is 2. The second-order valence-electron chi connectivity index (χ2n) is 4.20. The third-order valence-corrected chi connectivity index (χ3v) is 3.41. The van der Waals surface area contributed by atoms with E-state index in [0.29, 0.717) is 18.1 Å². The SMILES string of the molecule is CCNC(=O)c1ccc(NCCc2csc(C)n2)nn1. The molecule has 0 aliphatic rings. The number of hydrogen-bond donors (Lipinski definition) is 2. The lowest BCUT2D eigenvalue weighted by molar-refractivity contribution is 0.0950. The zero-order chi connectivity index (χ0) is 14.4. The van der Waals surface area contributed by atoms with E-state index in [1.165, 1.54) is 0 Å². The average molecular weight is 291 g/mol. The van der Waals surface area contributed by atoms with E-state index < -0.39 is 0 Å². The first-order valence-electron chi connectivity index (χ1n) is 6.46. The molecule has 0 aromatic carbocycles. The summed E-state index contributed by atoms with van der Waals surface area (Å²) >= 11 is 1.65. The van der Waals surface area contributed by atoms with Crippen LogP contribution in [0, 0.1) is 6.92 Å². The molecule has 0 aliphatic heterocycles. The van der Waals surface area contributed by atoms with Crippen molar-refractivity contribution in [3.05, 3.63) is 33.9 Å². The monoisotopic (exact) mass is 291 g/mol. The van der Waals surface area contributed by atoms with Gasteiger partial charge in [0.2, 0.25) is 0 Å². The first-order valence-corrected chi connectivity index (χ1v) is 7.34. The Balaban J connectivity index is 1.83. The molecular formula is C13H17N5OS. The summed E-state index contributed by atoms with van der Waals surface area (Å²) in [5, 5.41) is 16.8. The molecular weight excluding hydrogens is 274 g/mol. The Bertz CT molecular complexity index is 566. The zero-order valence-corrected chi connectivity index (χ0v) is 12.3. The van der Waals surface area contributed by atoms with Crippen LogP contribution in [0.3, 0.4) is 0 Å². The minimum atomic E-state index is -0.204. The summed E-state index contributed by atoms with van der Waals surface area (Å²) in [6, 6.07) is 3.41. The first-order chi connectivity index (χ1) is 9.69. The second kappa shape index (κ2) is 6.95. The number of hydrogen-bond acceptors (Lipinski definition) is 6. The van der Waals surface area contributed by atoms with Gasteiger partial charge in [-0.3, -0.25) is 4.79 Å². The number of rotatable bonds is 6. The maximum atomic E-state index is 11.5. The van der Waals surface area contributed by atoms with Crippen molar-refractivity contribution in [1.82, 2.24) is 20.5 Å². The molecule has 0 fully saturated rings. The predicted molar refractivity (Wildman–Crippen MR) is 79.1 cm³/mol. The van der Waals surface area contributed by atoms with Crippen molar-refractivity contribution in [2.24, 2.45) is 0 Å². The Morgan fingerprint density at radius 2 is 2.20 bits per heavy atom. The number of aryl methyl sites for hydroxylation is 1. The van der Waals surface area contributed by atoms with Crippen molar-refractivity contribution < 1.29 is 4.79 Å². The summed E-state index contributed by atoms with van der Waals surface area (Å²) in [7, 11) is 0. The molecule has 2 rings (SSSR count). The maximum Gasteiger partial charge on any atom is 0.271 e. The minimum Gasteiger partial charge on any atom is -0.368 e. The summed E-state index contributed by atoms with van der Waals surface area (Å²) in [5.74, 6) is 0.453. The largest absolute Gasteiger partial charge is 0.368 e. The van der Waals surface area contributed by atoms with Crippen LogP contribution in [0.5, 0.6) is 0 Å². The van der Waals surface area contributed by atoms with Gasteiger partial charge in [0, 0.05) is 24.9 Å². The lowest BCUT2D eigenvalue weighted by Crippen LogP contribution is -2.24. The molecule has 0 saturated carbocycles. The molecule has 2 N–H and O–H groups in total. The minimum absolute atomic E-state index is 0.204. The zero-order valence-electron chi connectivity index (χ0n) is 11.5. The third kappa shape index (κ3) is 3.99. The molecule has 0 radical (unpaired) electrons. The van der Waals surface area contributed by atoms with Crippen LogP contribution in [0.15, 0.2) is 17.5 Å². The number of nitrogens with zero attached hydrogens (tertiary/aromatic N) is 3. The number of anilines is 1. The highest BCUT2D eigenvalue weighted by Gasteiger charge is 2.06. The van der Waals surface area contributed by atoms with E-state index in [-0.39, 0.29) is 5.91 Å². The van der Waals surface area contributed by atoms with Crippen molar-refractivity contribution in [3.63, 3.8) is 0 Å². The second-order valence-corrected chi connectivity index (χ2v) is 5.26. The lowest BCUT2D eigenvalue weighted by atomic mass is 10.3. The summed E-state index contributed by atoms with van der Waals surface area (Å²) in [6.45, 7) is 5.17. The van der Waals surface area contributed by atoms with Gasteiger partial charge in [0.05, 0.1) is 10.7 Å².